The maximum absolute atomic E-state index is 13.2. The second-order valence-corrected chi connectivity index (χ2v) is 10.9. The van der Waals surface area contributed by atoms with Crippen LogP contribution >= 0.6 is 22.7 Å². The Kier molecular flexibility index (Phi) is 6.11. The van der Waals surface area contributed by atoms with Gasteiger partial charge in [0.15, 0.2) is 0 Å². The Morgan fingerprint density at radius 3 is 2.55 bits per heavy atom. The molecule has 162 valence electrons. The van der Waals surface area contributed by atoms with Crippen molar-refractivity contribution in [3.8, 4) is 22.0 Å². The van der Waals surface area contributed by atoms with E-state index in [9.17, 15) is 12.8 Å². The van der Waals surface area contributed by atoms with Crippen molar-refractivity contribution in [1.29, 1.82) is 0 Å². The number of aryl methyl sites for hydroxylation is 1. The van der Waals surface area contributed by atoms with Crippen LogP contribution in [-0.4, -0.2) is 24.5 Å². The minimum Gasteiger partial charge on any atom is -0.345 e. The lowest BCUT2D eigenvalue weighted by Gasteiger charge is -2.07. The van der Waals surface area contributed by atoms with Gasteiger partial charge in [-0.1, -0.05) is 0 Å². The largest absolute Gasteiger partial charge is 0.345 e. The first-order valence-corrected chi connectivity index (χ1v) is 12.9. The van der Waals surface area contributed by atoms with Gasteiger partial charge in [0, 0.05) is 35.1 Å². The molecule has 0 bridgehead atoms. The smallest absolute Gasteiger partial charge is 0.242 e. The number of thiophene rings is 1. The van der Waals surface area contributed by atoms with E-state index in [-0.39, 0.29) is 10.7 Å². The maximum Gasteiger partial charge on any atom is 0.242 e. The van der Waals surface area contributed by atoms with E-state index >= 15 is 0 Å². The molecule has 0 radical (unpaired) electrons. The van der Waals surface area contributed by atoms with Crippen LogP contribution in [0.3, 0.4) is 0 Å². The van der Waals surface area contributed by atoms with Crippen LogP contribution in [0.2, 0.25) is 0 Å². The molecule has 3 aromatic heterocycles. The van der Waals surface area contributed by atoms with Crippen molar-refractivity contribution in [3.63, 3.8) is 0 Å². The molecule has 0 amide bonds. The van der Waals surface area contributed by atoms with Crippen LogP contribution in [0.1, 0.15) is 16.1 Å². The SMILES string of the molecule is Cc1ccsc1CCNS(=O)(=O)c1cc(-c2nc(-c3ccc(F)cc3)cs2)n(C)c1C. The summed E-state index contributed by atoms with van der Waals surface area (Å²) in [5, 5.41) is 4.61. The summed E-state index contributed by atoms with van der Waals surface area (Å²) in [5.41, 5.74) is 4.10. The lowest BCUT2D eigenvalue weighted by Crippen LogP contribution is -2.26. The van der Waals surface area contributed by atoms with Crippen LogP contribution in [0.4, 0.5) is 4.39 Å². The number of hydrogen-bond acceptors (Lipinski definition) is 5. The summed E-state index contributed by atoms with van der Waals surface area (Å²) in [7, 11) is -1.82. The number of hydrogen-bond donors (Lipinski definition) is 1. The minimum absolute atomic E-state index is 0.256. The van der Waals surface area contributed by atoms with E-state index in [1.807, 2.05) is 35.4 Å². The second-order valence-electron chi connectivity index (χ2n) is 7.26. The summed E-state index contributed by atoms with van der Waals surface area (Å²) in [6.45, 7) is 4.16. The molecular formula is C22H22FN3O2S3. The first-order chi connectivity index (χ1) is 14.8. The zero-order valence-corrected chi connectivity index (χ0v) is 19.8. The van der Waals surface area contributed by atoms with Gasteiger partial charge in [0.1, 0.15) is 15.7 Å². The van der Waals surface area contributed by atoms with Crippen molar-refractivity contribution in [1.82, 2.24) is 14.3 Å². The molecule has 5 nitrogen and oxygen atoms in total. The van der Waals surface area contributed by atoms with Crippen molar-refractivity contribution in [2.24, 2.45) is 7.05 Å². The minimum atomic E-state index is -3.65. The molecule has 1 N–H and O–H groups in total. The van der Waals surface area contributed by atoms with Gasteiger partial charge in [0.05, 0.1) is 11.4 Å². The number of aromatic nitrogens is 2. The lowest BCUT2D eigenvalue weighted by molar-refractivity contribution is 0.580. The fourth-order valence-electron chi connectivity index (χ4n) is 3.33. The Labute approximate surface area is 189 Å². The number of thiazole rings is 1. The monoisotopic (exact) mass is 475 g/mol. The van der Waals surface area contributed by atoms with Crippen LogP contribution in [0.25, 0.3) is 22.0 Å². The van der Waals surface area contributed by atoms with E-state index in [1.165, 1.54) is 33.9 Å². The lowest BCUT2D eigenvalue weighted by atomic mass is 10.2. The zero-order valence-electron chi connectivity index (χ0n) is 17.3. The Morgan fingerprint density at radius 1 is 1.13 bits per heavy atom. The van der Waals surface area contributed by atoms with Crippen LogP contribution in [0.15, 0.2) is 52.1 Å². The van der Waals surface area contributed by atoms with Gasteiger partial charge in [-0.3, -0.25) is 0 Å². The predicted molar refractivity (Wildman–Crippen MR) is 125 cm³/mol. The highest BCUT2D eigenvalue weighted by Crippen LogP contribution is 2.32. The van der Waals surface area contributed by atoms with Gasteiger partial charge >= 0.3 is 0 Å². The molecule has 9 heteroatoms. The van der Waals surface area contributed by atoms with Gasteiger partial charge in [-0.2, -0.15) is 0 Å². The molecule has 31 heavy (non-hydrogen) atoms. The van der Waals surface area contributed by atoms with Crippen molar-refractivity contribution in [2.75, 3.05) is 6.54 Å². The number of nitrogens with zero attached hydrogens (tertiary/aromatic N) is 2. The summed E-state index contributed by atoms with van der Waals surface area (Å²) < 4.78 is 43.6. The number of benzene rings is 1. The van der Waals surface area contributed by atoms with Gasteiger partial charge in [0.2, 0.25) is 10.0 Å². The van der Waals surface area contributed by atoms with Crippen molar-refractivity contribution in [2.45, 2.75) is 25.2 Å². The number of halogens is 1. The molecule has 1 aromatic carbocycles. The fourth-order valence-corrected chi connectivity index (χ4v) is 6.44. The van der Waals surface area contributed by atoms with E-state index in [1.54, 1.807) is 36.5 Å². The molecule has 0 aliphatic carbocycles. The third-order valence-corrected chi connectivity index (χ3v) is 8.78. The molecule has 0 spiro atoms. The van der Waals surface area contributed by atoms with Crippen molar-refractivity contribution in [3.05, 3.63) is 69.1 Å². The quantitative estimate of drug-likeness (QED) is 0.402. The summed E-state index contributed by atoms with van der Waals surface area (Å²) >= 11 is 3.06. The van der Waals surface area contributed by atoms with Gasteiger partial charge < -0.3 is 4.57 Å². The molecule has 0 atom stereocenters. The third kappa shape index (κ3) is 4.50. The summed E-state index contributed by atoms with van der Waals surface area (Å²) in [6.07, 6.45) is 0.662. The Bertz CT molecular complexity index is 1320. The normalized spacial score (nSPS) is 11.9. The molecule has 0 aliphatic rings. The third-order valence-electron chi connectivity index (χ3n) is 5.25. The number of sulfonamides is 1. The van der Waals surface area contributed by atoms with Crippen molar-refractivity contribution >= 4 is 32.7 Å². The molecule has 0 fully saturated rings. The fraction of sp³-hybridized carbons (Fsp3) is 0.227. The highest BCUT2D eigenvalue weighted by molar-refractivity contribution is 7.89. The predicted octanol–water partition coefficient (Wildman–Crippen LogP) is 5.15. The molecule has 0 unspecified atom stereocenters. The average molecular weight is 476 g/mol. The van der Waals surface area contributed by atoms with Gasteiger partial charge in [-0.15, -0.1) is 22.7 Å². The number of nitrogens with one attached hydrogen (secondary N) is 1. The van der Waals surface area contributed by atoms with Crippen LogP contribution in [-0.2, 0) is 23.5 Å². The highest BCUT2D eigenvalue weighted by Gasteiger charge is 2.23. The van der Waals surface area contributed by atoms with Crippen LogP contribution < -0.4 is 4.72 Å². The Balaban J connectivity index is 1.56. The topological polar surface area (TPSA) is 64.0 Å². The van der Waals surface area contributed by atoms with E-state index in [0.29, 0.717) is 23.7 Å². The average Bonchev–Trinajstić information content (AvgIpc) is 3.44. The Hall–Kier alpha value is -2.33. The summed E-state index contributed by atoms with van der Waals surface area (Å²) in [6, 6.07) is 9.86. The van der Waals surface area contributed by atoms with E-state index in [0.717, 1.165) is 17.0 Å². The highest BCUT2D eigenvalue weighted by atomic mass is 32.2. The first-order valence-electron chi connectivity index (χ1n) is 9.67. The van der Waals surface area contributed by atoms with E-state index in [4.69, 9.17) is 0 Å². The van der Waals surface area contributed by atoms with Crippen LogP contribution in [0, 0.1) is 19.7 Å². The molecule has 0 saturated heterocycles. The van der Waals surface area contributed by atoms with Crippen molar-refractivity contribution < 1.29 is 12.8 Å². The molecule has 3 heterocycles. The molecular weight excluding hydrogens is 453 g/mol. The van der Waals surface area contributed by atoms with Gasteiger partial charge in [-0.25, -0.2) is 22.5 Å². The maximum atomic E-state index is 13.2. The summed E-state index contributed by atoms with van der Waals surface area (Å²) in [5.74, 6) is -0.297. The Morgan fingerprint density at radius 2 is 1.87 bits per heavy atom. The molecule has 4 rings (SSSR count). The van der Waals surface area contributed by atoms with Gasteiger partial charge in [0.25, 0.3) is 0 Å². The molecule has 4 aromatic rings. The zero-order chi connectivity index (χ0) is 22.2. The van der Waals surface area contributed by atoms with E-state index in [2.05, 4.69) is 9.71 Å². The number of rotatable bonds is 7. The van der Waals surface area contributed by atoms with Crippen LogP contribution in [0.5, 0.6) is 0 Å². The van der Waals surface area contributed by atoms with Gasteiger partial charge in [-0.05, 0) is 67.6 Å². The summed E-state index contributed by atoms with van der Waals surface area (Å²) in [4.78, 5) is 6.09. The first kappa shape index (κ1) is 21.9. The molecule has 0 saturated carbocycles. The second kappa shape index (κ2) is 8.66. The standard InChI is InChI=1S/C22H22FN3O2S3/c1-14-9-11-29-20(14)8-10-24-31(27,28)21-12-19(26(3)15(21)2)22-25-18(13-30-22)16-4-6-17(23)7-5-16/h4-7,9,11-13,24H,8,10H2,1-3H3. The van der Waals surface area contributed by atoms with E-state index < -0.39 is 10.0 Å². The molecule has 0 aliphatic heterocycles.